The molecule has 45 heavy (non-hydrogen) atoms. The third kappa shape index (κ3) is 4.76. The number of allylic oxidation sites excluding steroid dienone is 1. The van der Waals surface area contributed by atoms with Crippen LogP contribution in [-0.4, -0.2) is 16.2 Å². The molecule has 1 aliphatic heterocycles. The second-order valence-electron chi connectivity index (χ2n) is 11.3. The average molecular weight is 649 g/mol. The van der Waals surface area contributed by atoms with Crippen LogP contribution in [0.3, 0.4) is 0 Å². The molecule has 0 radical (unpaired) electrons. The number of hydrogen-bond donors (Lipinski definition) is 0. The normalized spacial score (nSPS) is 15.9. The van der Waals surface area contributed by atoms with Gasteiger partial charge in [0.2, 0.25) is 0 Å². The Balaban J connectivity index is 1.33. The van der Waals surface area contributed by atoms with E-state index in [2.05, 4.69) is 53.2 Å². The number of aromatic nitrogens is 2. The van der Waals surface area contributed by atoms with E-state index in [9.17, 15) is 4.79 Å². The average Bonchev–Trinajstić information content (AvgIpc) is 3.57. The van der Waals surface area contributed by atoms with Crippen molar-refractivity contribution in [2.75, 3.05) is 7.11 Å². The Bertz CT molecular complexity index is 2370. The Morgan fingerprint density at radius 3 is 2.64 bits per heavy atom. The molecule has 0 saturated heterocycles. The first-order valence-electron chi connectivity index (χ1n) is 14.8. The van der Waals surface area contributed by atoms with Crippen LogP contribution in [0.4, 0.5) is 0 Å². The molecule has 2 aliphatic rings. The van der Waals surface area contributed by atoms with Gasteiger partial charge in [-0.1, -0.05) is 101 Å². The van der Waals surface area contributed by atoms with Crippen molar-refractivity contribution in [1.82, 2.24) is 9.13 Å². The highest BCUT2D eigenvalue weighted by atomic mass is 35.5. The minimum absolute atomic E-state index is 0.0577. The largest absolute Gasteiger partial charge is 0.496 e. The number of nitrogens with zero attached hydrogens (tertiary/aromatic N) is 3. The molecule has 0 spiro atoms. The molecule has 0 amide bonds. The minimum Gasteiger partial charge on any atom is -0.496 e. The molecule has 6 aromatic rings. The molecule has 0 bridgehead atoms. The van der Waals surface area contributed by atoms with Crippen molar-refractivity contribution in [1.29, 1.82) is 0 Å². The lowest BCUT2D eigenvalue weighted by molar-refractivity contribution is 0.402. The van der Waals surface area contributed by atoms with Crippen molar-refractivity contribution in [3.63, 3.8) is 0 Å². The van der Waals surface area contributed by atoms with Gasteiger partial charge in [-0.05, 0) is 59.9 Å². The summed E-state index contributed by atoms with van der Waals surface area (Å²) in [6.45, 7) is 0.575. The predicted molar refractivity (Wildman–Crippen MR) is 183 cm³/mol. The van der Waals surface area contributed by atoms with E-state index in [1.54, 1.807) is 13.2 Å². The quantitative estimate of drug-likeness (QED) is 0.193. The highest BCUT2D eigenvalue weighted by Gasteiger charge is 2.34. The number of para-hydroxylation sites is 2. The summed E-state index contributed by atoms with van der Waals surface area (Å²) in [6, 6.07) is 29.9. The molecule has 8 rings (SSSR count). The molecule has 1 atom stereocenters. The molecule has 222 valence electrons. The Morgan fingerprint density at radius 2 is 1.78 bits per heavy atom. The fourth-order valence-electron chi connectivity index (χ4n) is 6.69. The Morgan fingerprint density at radius 1 is 0.978 bits per heavy atom. The Labute approximate surface area is 273 Å². The first kappa shape index (κ1) is 28.1. The standard InChI is InChI=1S/C37H27Cl2N3O2S/c1-44-32-13-7-5-11-28(32)35-29-17-15-22-8-2-3-10-27(22)34(29)40-37-42(35)36(43)33(45-37)18-24-21-41(31-12-6-4-9-26(24)31)20-23-14-16-25(38)19-30(23)39/h2-14,16,18-19,21,35H,15,17,20H2,1H3/b33-18-/t35-/m0/s1. The van der Waals surface area contributed by atoms with E-state index in [4.69, 9.17) is 32.9 Å². The molecule has 0 N–H and O–H groups in total. The Kier molecular flexibility index (Phi) is 7.01. The summed E-state index contributed by atoms with van der Waals surface area (Å²) in [5.41, 5.74) is 8.43. The number of halogens is 2. The molecule has 2 aromatic heterocycles. The summed E-state index contributed by atoms with van der Waals surface area (Å²) in [6.07, 6.45) is 5.82. The molecule has 1 aliphatic carbocycles. The van der Waals surface area contributed by atoms with Gasteiger partial charge in [0.25, 0.3) is 5.56 Å². The van der Waals surface area contributed by atoms with Gasteiger partial charge in [0.1, 0.15) is 5.75 Å². The first-order valence-corrected chi connectivity index (χ1v) is 16.3. The molecule has 0 unspecified atom stereocenters. The third-order valence-electron chi connectivity index (χ3n) is 8.77. The van der Waals surface area contributed by atoms with E-state index in [1.165, 1.54) is 16.9 Å². The SMILES string of the molecule is COc1ccccc1[C@H]1C2=C(N=c3s/c(=C\c4cn(Cc5ccc(Cl)cc5Cl)c5ccccc45)c(=O)n31)c1ccccc1CC2. The van der Waals surface area contributed by atoms with E-state index >= 15 is 0 Å². The molecule has 4 aromatic carbocycles. The number of benzene rings is 4. The van der Waals surface area contributed by atoms with E-state index in [-0.39, 0.29) is 11.6 Å². The van der Waals surface area contributed by atoms with Crippen LogP contribution in [-0.2, 0) is 13.0 Å². The number of rotatable bonds is 5. The van der Waals surface area contributed by atoms with E-state index in [0.717, 1.165) is 63.0 Å². The summed E-state index contributed by atoms with van der Waals surface area (Å²) in [5.74, 6) is 0.758. The van der Waals surface area contributed by atoms with Crippen LogP contribution in [0.25, 0.3) is 22.7 Å². The lowest BCUT2D eigenvalue weighted by atomic mass is 9.83. The van der Waals surface area contributed by atoms with Gasteiger partial charge in [0.05, 0.1) is 23.4 Å². The van der Waals surface area contributed by atoms with Crippen molar-refractivity contribution >= 4 is 57.2 Å². The van der Waals surface area contributed by atoms with Crippen LogP contribution in [0, 0.1) is 0 Å². The van der Waals surface area contributed by atoms with Gasteiger partial charge in [-0.3, -0.25) is 9.36 Å². The van der Waals surface area contributed by atoms with Crippen molar-refractivity contribution < 1.29 is 4.74 Å². The van der Waals surface area contributed by atoms with Crippen molar-refractivity contribution in [3.8, 4) is 5.75 Å². The van der Waals surface area contributed by atoms with Crippen molar-refractivity contribution in [2.24, 2.45) is 4.99 Å². The molecule has 0 fully saturated rings. The highest BCUT2D eigenvalue weighted by molar-refractivity contribution is 7.07. The second-order valence-corrected chi connectivity index (χ2v) is 13.2. The maximum absolute atomic E-state index is 14.4. The smallest absolute Gasteiger partial charge is 0.271 e. The maximum atomic E-state index is 14.4. The summed E-state index contributed by atoms with van der Waals surface area (Å²) < 4.78 is 10.5. The lowest BCUT2D eigenvalue weighted by Crippen LogP contribution is -2.38. The number of thiazole rings is 1. The topological polar surface area (TPSA) is 48.5 Å². The molecule has 0 saturated carbocycles. The molecular weight excluding hydrogens is 621 g/mol. The zero-order valence-electron chi connectivity index (χ0n) is 24.3. The van der Waals surface area contributed by atoms with Gasteiger partial charge in [-0.25, -0.2) is 4.99 Å². The summed E-state index contributed by atoms with van der Waals surface area (Å²) in [4.78, 5) is 20.3. The lowest BCUT2D eigenvalue weighted by Gasteiger charge is -2.31. The minimum atomic E-state index is -0.309. The van der Waals surface area contributed by atoms with E-state index in [0.29, 0.717) is 25.9 Å². The zero-order valence-corrected chi connectivity index (χ0v) is 26.7. The van der Waals surface area contributed by atoms with Crippen molar-refractivity contribution in [2.45, 2.75) is 25.4 Å². The maximum Gasteiger partial charge on any atom is 0.271 e. The van der Waals surface area contributed by atoms with Crippen LogP contribution in [0.5, 0.6) is 5.75 Å². The van der Waals surface area contributed by atoms with Gasteiger partial charge in [-0.15, -0.1) is 0 Å². The molecule has 3 heterocycles. The zero-order chi connectivity index (χ0) is 30.7. The summed E-state index contributed by atoms with van der Waals surface area (Å²) >= 11 is 14.1. The van der Waals surface area contributed by atoms with Gasteiger partial charge in [0, 0.05) is 50.4 Å². The monoisotopic (exact) mass is 647 g/mol. The third-order valence-corrected chi connectivity index (χ3v) is 10.3. The second kappa shape index (κ2) is 11.2. The fourth-order valence-corrected chi connectivity index (χ4v) is 8.15. The fraction of sp³-hybridized carbons (Fsp3) is 0.135. The van der Waals surface area contributed by atoms with Crippen LogP contribution >= 0.6 is 34.5 Å². The number of hydrogen-bond acceptors (Lipinski definition) is 4. The molecule has 8 heteroatoms. The predicted octanol–water partition coefficient (Wildman–Crippen LogP) is 7.64. The van der Waals surface area contributed by atoms with E-state index in [1.807, 2.05) is 53.1 Å². The number of methoxy groups -OCH3 is 1. The molecular formula is C37H27Cl2N3O2S. The van der Waals surface area contributed by atoms with Crippen LogP contribution in [0.15, 0.2) is 113 Å². The Hall–Kier alpha value is -4.36. The van der Waals surface area contributed by atoms with Gasteiger partial charge >= 0.3 is 0 Å². The van der Waals surface area contributed by atoms with E-state index < -0.39 is 0 Å². The van der Waals surface area contributed by atoms with Crippen LogP contribution in [0.2, 0.25) is 10.0 Å². The van der Waals surface area contributed by atoms with Crippen LogP contribution in [0.1, 0.15) is 40.3 Å². The number of fused-ring (bicyclic) bond motifs is 4. The van der Waals surface area contributed by atoms with Crippen molar-refractivity contribution in [3.05, 3.63) is 160 Å². The summed E-state index contributed by atoms with van der Waals surface area (Å²) in [7, 11) is 1.68. The van der Waals surface area contributed by atoms with Gasteiger partial charge < -0.3 is 9.30 Å². The molecule has 5 nitrogen and oxygen atoms in total. The van der Waals surface area contributed by atoms with Crippen LogP contribution < -0.4 is 19.6 Å². The van der Waals surface area contributed by atoms with Gasteiger partial charge in [0.15, 0.2) is 4.80 Å². The first-order chi connectivity index (χ1) is 22.0. The number of aryl methyl sites for hydroxylation is 1. The highest BCUT2D eigenvalue weighted by Crippen LogP contribution is 2.43. The summed E-state index contributed by atoms with van der Waals surface area (Å²) in [5, 5.41) is 2.29. The number of ether oxygens (including phenoxy) is 1. The van der Waals surface area contributed by atoms with Gasteiger partial charge in [-0.2, -0.15) is 0 Å².